The van der Waals surface area contributed by atoms with Crippen molar-refractivity contribution in [3.63, 3.8) is 0 Å². The molecule has 0 radical (unpaired) electrons. The van der Waals surface area contributed by atoms with Crippen LogP contribution in [0.15, 0.2) is 28.9 Å². The molecule has 4 heteroatoms. The van der Waals surface area contributed by atoms with Crippen molar-refractivity contribution in [2.75, 3.05) is 6.54 Å². The number of nitrogens with one attached hydrogen (secondary N) is 1. The Morgan fingerprint density at radius 1 is 1.41 bits per heavy atom. The van der Waals surface area contributed by atoms with Crippen LogP contribution in [-0.4, -0.2) is 11.5 Å². The van der Waals surface area contributed by atoms with Crippen molar-refractivity contribution < 1.29 is 0 Å². The number of rotatable bonds is 4. The molecule has 1 heterocycles. The fourth-order valence-corrected chi connectivity index (χ4v) is 3.08. The molecule has 0 saturated heterocycles. The highest BCUT2D eigenvalue weighted by atomic mass is 79.9. The zero-order chi connectivity index (χ0) is 12.3. The SMILES string of the molecule is CCNCc1cnc(-c2ccc(Br)cc2C)s1. The van der Waals surface area contributed by atoms with Gasteiger partial charge in [-0.2, -0.15) is 0 Å². The summed E-state index contributed by atoms with van der Waals surface area (Å²) in [5.41, 5.74) is 2.48. The number of aryl methyl sites for hydroxylation is 1. The Morgan fingerprint density at radius 2 is 2.24 bits per heavy atom. The second-order valence-corrected chi connectivity index (χ2v) is 5.90. The minimum absolute atomic E-state index is 0.906. The van der Waals surface area contributed by atoms with Crippen LogP contribution in [0.1, 0.15) is 17.4 Å². The molecule has 0 amide bonds. The molecular weight excluding hydrogens is 296 g/mol. The van der Waals surface area contributed by atoms with E-state index in [1.807, 2.05) is 6.20 Å². The second kappa shape index (κ2) is 5.76. The quantitative estimate of drug-likeness (QED) is 0.923. The summed E-state index contributed by atoms with van der Waals surface area (Å²) < 4.78 is 1.11. The number of thiazole rings is 1. The standard InChI is InChI=1S/C13H15BrN2S/c1-3-15-7-11-8-16-13(17-11)12-5-4-10(14)6-9(12)2/h4-6,8,15H,3,7H2,1-2H3. The second-order valence-electron chi connectivity index (χ2n) is 3.87. The summed E-state index contributed by atoms with van der Waals surface area (Å²) in [6.07, 6.45) is 1.96. The maximum Gasteiger partial charge on any atom is 0.123 e. The van der Waals surface area contributed by atoms with E-state index >= 15 is 0 Å². The number of hydrogen-bond donors (Lipinski definition) is 1. The molecule has 0 spiro atoms. The van der Waals surface area contributed by atoms with Gasteiger partial charge >= 0.3 is 0 Å². The Morgan fingerprint density at radius 3 is 2.94 bits per heavy atom. The first kappa shape index (κ1) is 12.7. The fraction of sp³-hybridized carbons (Fsp3) is 0.308. The highest BCUT2D eigenvalue weighted by molar-refractivity contribution is 9.10. The highest BCUT2D eigenvalue weighted by Gasteiger charge is 2.07. The van der Waals surface area contributed by atoms with Crippen molar-refractivity contribution in [3.05, 3.63) is 39.3 Å². The first-order valence-corrected chi connectivity index (χ1v) is 7.23. The largest absolute Gasteiger partial charge is 0.312 e. The molecule has 0 atom stereocenters. The topological polar surface area (TPSA) is 24.9 Å². The van der Waals surface area contributed by atoms with Crippen LogP contribution < -0.4 is 5.32 Å². The normalized spacial score (nSPS) is 10.8. The van der Waals surface area contributed by atoms with Gasteiger partial charge in [0.05, 0.1) is 0 Å². The van der Waals surface area contributed by atoms with E-state index in [9.17, 15) is 0 Å². The molecule has 0 fully saturated rings. The maximum atomic E-state index is 4.49. The lowest BCUT2D eigenvalue weighted by Gasteiger charge is -2.02. The van der Waals surface area contributed by atoms with E-state index in [0.717, 1.165) is 22.6 Å². The van der Waals surface area contributed by atoms with Crippen LogP contribution in [0.2, 0.25) is 0 Å². The summed E-state index contributed by atoms with van der Waals surface area (Å²) in [6.45, 7) is 6.13. The third-order valence-electron chi connectivity index (χ3n) is 2.52. The molecule has 0 aliphatic carbocycles. The first-order valence-electron chi connectivity index (χ1n) is 5.62. The summed E-state index contributed by atoms with van der Waals surface area (Å²) in [4.78, 5) is 5.77. The van der Waals surface area contributed by atoms with Crippen LogP contribution in [0.25, 0.3) is 10.6 Å². The Labute approximate surface area is 114 Å². The van der Waals surface area contributed by atoms with Gasteiger partial charge in [0.2, 0.25) is 0 Å². The summed E-state index contributed by atoms with van der Waals surface area (Å²) in [5.74, 6) is 0. The lowest BCUT2D eigenvalue weighted by molar-refractivity contribution is 0.734. The van der Waals surface area contributed by atoms with Gasteiger partial charge in [-0.25, -0.2) is 4.98 Å². The molecule has 0 saturated carbocycles. The first-order chi connectivity index (χ1) is 8.20. The van der Waals surface area contributed by atoms with Gasteiger partial charge in [-0.1, -0.05) is 28.9 Å². The Balaban J connectivity index is 2.24. The van der Waals surface area contributed by atoms with Gasteiger partial charge in [0.15, 0.2) is 0 Å². The Bertz CT molecular complexity index is 508. The zero-order valence-electron chi connectivity index (χ0n) is 9.96. The minimum atomic E-state index is 0.906. The van der Waals surface area contributed by atoms with E-state index in [-0.39, 0.29) is 0 Å². The fourth-order valence-electron chi connectivity index (χ4n) is 1.63. The smallest absolute Gasteiger partial charge is 0.123 e. The lowest BCUT2D eigenvalue weighted by Crippen LogP contribution is -2.10. The Hall–Kier alpha value is -0.710. The van der Waals surface area contributed by atoms with Gasteiger partial charge in [0.25, 0.3) is 0 Å². The van der Waals surface area contributed by atoms with Crippen molar-refractivity contribution in [2.24, 2.45) is 0 Å². The van der Waals surface area contributed by atoms with Crippen molar-refractivity contribution in [1.82, 2.24) is 10.3 Å². The van der Waals surface area contributed by atoms with E-state index < -0.39 is 0 Å². The molecular formula is C13H15BrN2S. The molecule has 90 valence electrons. The van der Waals surface area contributed by atoms with Gasteiger partial charge in [-0.15, -0.1) is 11.3 Å². The summed E-state index contributed by atoms with van der Waals surface area (Å²) in [6, 6.07) is 6.31. The molecule has 1 N–H and O–H groups in total. The van der Waals surface area contributed by atoms with Crippen LogP contribution in [0, 0.1) is 6.92 Å². The van der Waals surface area contributed by atoms with Crippen LogP contribution >= 0.6 is 27.3 Å². The van der Waals surface area contributed by atoms with Gasteiger partial charge in [-0.3, -0.25) is 0 Å². The van der Waals surface area contributed by atoms with Gasteiger partial charge < -0.3 is 5.32 Å². The average Bonchev–Trinajstić information content (AvgIpc) is 2.75. The van der Waals surface area contributed by atoms with Crippen molar-refractivity contribution in [3.8, 4) is 10.6 Å². The van der Waals surface area contributed by atoms with Crippen LogP contribution in [0.5, 0.6) is 0 Å². The van der Waals surface area contributed by atoms with E-state index in [1.54, 1.807) is 11.3 Å². The average molecular weight is 311 g/mol. The van der Waals surface area contributed by atoms with Crippen molar-refractivity contribution in [1.29, 1.82) is 0 Å². The molecule has 0 bridgehead atoms. The number of aromatic nitrogens is 1. The molecule has 2 aromatic rings. The molecule has 1 aromatic heterocycles. The highest BCUT2D eigenvalue weighted by Crippen LogP contribution is 2.29. The molecule has 17 heavy (non-hydrogen) atoms. The molecule has 2 rings (SSSR count). The van der Waals surface area contributed by atoms with E-state index in [4.69, 9.17) is 0 Å². The van der Waals surface area contributed by atoms with E-state index in [1.165, 1.54) is 16.0 Å². The Kier molecular flexibility index (Phi) is 4.31. The number of halogens is 1. The maximum absolute atomic E-state index is 4.49. The molecule has 0 unspecified atom stereocenters. The van der Waals surface area contributed by atoms with Crippen LogP contribution in [-0.2, 0) is 6.54 Å². The van der Waals surface area contributed by atoms with Gasteiger partial charge in [-0.05, 0) is 31.2 Å². The minimum Gasteiger partial charge on any atom is -0.312 e. The van der Waals surface area contributed by atoms with Gasteiger partial charge in [0.1, 0.15) is 5.01 Å². The van der Waals surface area contributed by atoms with Gasteiger partial charge in [0, 0.05) is 27.7 Å². The zero-order valence-corrected chi connectivity index (χ0v) is 12.4. The summed E-state index contributed by atoms with van der Waals surface area (Å²) in [7, 11) is 0. The molecule has 2 nitrogen and oxygen atoms in total. The monoisotopic (exact) mass is 310 g/mol. The summed E-state index contributed by atoms with van der Waals surface area (Å²) in [5, 5.41) is 4.42. The number of hydrogen-bond acceptors (Lipinski definition) is 3. The molecule has 1 aromatic carbocycles. The lowest BCUT2D eigenvalue weighted by atomic mass is 10.1. The predicted molar refractivity (Wildman–Crippen MR) is 77.4 cm³/mol. The predicted octanol–water partition coefficient (Wildman–Crippen LogP) is 3.99. The summed E-state index contributed by atoms with van der Waals surface area (Å²) >= 11 is 5.24. The van der Waals surface area contributed by atoms with Crippen LogP contribution in [0.4, 0.5) is 0 Å². The number of nitrogens with zero attached hydrogens (tertiary/aromatic N) is 1. The molecule has 0 aliphatic heterocycles. The van der Waals surface area contributed by atoms with E-state index in [2.05, 4.69) is 58.3 Å². The van der Waals surface area contributed by atoms with Crippen molar-refractivity contribution >= 4 is 27.3 Å². The number of benzene rings is 1. The van der Waals surface area contributed by atoms with Crippen LogP contribution in [0.3, 0.4) is 0 Å². The third-order valence-corrected chi connectivity index (χ3v) is 4.05. The van der Waals surface area contributed by atoms with E-state index in [0.29, 0.717) is 0 Å². The third kappa shape index (κ3) is 3.15. The molecule has 0 aliphatic rings. The van der Waals surface area contributed by atoms with Crippen molar-refractivity contribution in [2.45, 2.75) is 20.4 Å².